The first-order valence-corrected chi connectivity index (χ1v) is 13.7. The third-order valence-electron chi connectivity index (χ3n) is 6.71. The summed E-state index contributed by atoms with van der Waals surface area (Å²) in [6.07, 6.45) is 8.12. The molecule has 0 bridgehead atoms. The molecule has 1 fully saturated rings. The van der Waals surface area contributed by atoms with Crippen molar-refractivity contribution in [2.24, 2.45) is 17.6 Å². The molecule has 3 aromatic rings. The summed E-state index contributed by atoms with van der Waals surface area (Å²) in [6, 6.07) is 4.15. The van der Waals surface area contributed by atoms with Gasteiger partial charge in [-0.3, -0.25) is 9.59 Å². The van der Waals surface area contributed by atoms with Gasteiger partial charge in [0, 0.05) is 50.9 Å². The summed E-state index contributed by atoms with van der Waals surface area (Å²) in [5.74, 6) is 1.39. The Morgan fingerprint density at radius 3 is 2.65 bits per heavy atom. The molecule has 1 saturated heterocycles. The number of nitrogens with zero attached hydrogens (tertiary/aromatic N) is 5. The van der Waals surface area contributed by atoms with E-state index in [1.54, 1.807) is 18.5 Å². The van der Waals surface area contributed by atoms with Crippen molar-refractivity contribution in [3.8, 4) is 17.1 Å². The lowest BCUT2D eigenvalue weighted by atomic mass is 9.92. The molecule has 2 amide bonds. The van der Waals surface area contributed by atoms with Crippen molar-refractivity contribution in [2.45, 2.75) is 52.4 Å². The Morgan fingerprint density at radius 2 is 1.98 bits per heavy atom. The number of carbonyl (C=O) groups is 2. The summed E-state index contributed by atoms with van der Waals surface area (Å²) in [5.41, 5.74) is 5.67. The number of rotatable bonds is 13. The number of primary amides is 1. The van der Waals surface area contributed by atoms with Crippen LogP contribution in [0.25, 0.3) is 11.4 Å². The molecule has 3 heterocycles. The molecule has 214 valence electrons. The normalized spacial score (nSPS) is 13.9. The van der Waals surface area contributed by atoms with Gasteiger partial charge < -0.3 is 25.2 Å². The number of halogens is 1. The van der Waals surface area contributed by atoms with Gasteiger partial charge in [-0.1, -0.05) is 19.0 Å². The van der Waals surface area contributed by atoms with Crippen LogP contribution in [0.4, 0.5) is 10.3 Å². The van der Waals surface area contributed by atoms with Crippen LogP contribution in [0.5, 0.6) is 5.75 Å². The fourth-order valence-corrected chi connectivity index (χ4v) is 4.55. The van der Waals surface area contributed by atoms with Crippen molar-refractivity contribution in [1.82, 2.24) is 25.4 Å². The zero-order valence-corrected chi connectivity index (χ0v) is 22.9. The minimum Gasteiger partial charge on any atom is -0.493 e. The molecule has 1 aromatic carbocycles. The molecule has 1 aliphatic heterocycles. The number of hydrogen-bond donors (Lipinski definition) is 2. The first kappa shape index (κ1) is 28.9. The number of hydrogen-bond acceptors (Lipinski definition) is 9. The quantitative estimate of drug-likeness (QED) is 0.303. The average Bonchev–Trinajstić information content (AvgIpc) is 3.39. The molecule has 0 radical (unpaired) electrons. The minimum atomic E-state index is -0.676. The molecule has 40 heavy (non-hydrogen) atoms. The Labute approximate surface area is 232 Å². The van der Waals surface area contributed by atoms with Crippen molar-refractivity contribution >= 4 is 17.8 Å². The summed E-state index contributed by atoms with van der Waals surface area (Å²) in [5, 5.41) is 6.51. The van der Waals surface area contributed by atoms with Crippen LogP contribution in [0.15, 0.2) is 35.1 Å². The van der Waals surface area contributed by atoms with Gasteiger partial charge in [0.15, 0.2) is 0 Å². The maximum Gasteiger partial charge on any atom is 0.254 e. The smallest absolute Gasteiger partial charge is 0.254 e. The predicted octanol–water partition coefficient (Wildman–Crippen LogP) is 3.55. The van der Waals surface area contributed by atoms with Crippen LogP contribution in [-0.2, 0) is 11.2 Å². The standard InChI is InChI=1S/C28H36FN7O4/c1-18(2)14-25-34-26(35-40-25)20-16-32-28(33-17-20)36-11-8-19(9-12-36)4-3-13-39-21-5-6-22(23(29)15-21)27(38)31-10-7-24(30)37/h5-6,15-19H,3-4,7-14H2,1-2H3,(H2,30,37)(H,31,38). The second-order valence-corrected chi connectivity index (χ2v) is 10.4. The largest absolute Gasteiger partial charge is 0.493 e. The van der Waals surface area contributed by atoms with E-state index in [1.807, 2.05) is 0 Å². The zero-order chi connectivity index (χ0) is 28.5. The molecule has 2 aromatic heterocycles. The van der Waals surface area contributed by atoms with Gasteiger partial charge in [0.1, 0.15) is 11.6 Å². The summed E-state index contributed by atoms with van der Waals surface area (Å²) < 4.78 is 25.4. The van der Waals surface area contributed by atoms with E-state index >= 15 is 0 Å². The SMILES string of the molecule is CC(C)Cc1nc(-c2cnc(N3CCC(CCCOc4ccc(C(=O)NCCC(N)=O)c(F)c4)CC3)nc2)no1. The molecule has 12 heteroatoms. The topological polar surface area (TPSA) is 149 Å². The molecule has 0 saturated carbocycles. The van der Waals surface area contributed by atoms with Crippen LogP contribution in [0.1, 0.15) is 62.2 Å². The second kappa shape index (κ2) is 13.8. The summed E-state index contributed by atoms with van der Waals surface area (Å²) in [6.45, 7) is 6.48. The minimum absolute atomic E-state index is 0.00350. The number of piperidine rings is 1. The number of amides is 2. The van der Waals surface area contributed by atoms with Gasteiger partial charge >= 0.3 is 0 Å². The van der Waals surface area contributed by atoms with Gasteiger partial charge in [-0.15, -0.1) is 0 Å². The van der Waals surface area contributed by atoms with Crippen molar-refractivity contribution < 1.29 is 23.2 Å². The van der Waals surface area contributed by atoms with Crippen molar-refractivity contribution in [1.29, 1.82) is 0 Å². The lowest BCUT2D eigenvalue weighted by molar-refractivity contribution is -0.117. The Balaban J connectivity index is 1.16. The van der Waals surface area contributed by atoms with Crippen molar-refractivity contribution in [3.05, 3.63) is 47.9 Å². The summed E-state index contributed by atoms with van der Waals surface area (Å²) in [7, 11) is 0. The average molecular weight is 554 g/mol. The van der Waals surface area contributed by atoms with Gasteiger partial charge in [-0.2, -0.15) is 4.98 Å². The van der Waals surface area contributed by atoms with Crippen LogP contribution in [0, 0.1) is 17.7 Å². The van der Waals surface area contributed by atoms with E-state index in [9.17, 15) is 14.0 Å². The molecule has 0 atom stereocenters. The third kappa shape index (κ3) is 8.20. The highest BCUT2D eigenvalue weighted by molar-refractivity contribution is 5.94. The van der Waals surface area contributed by atoms with E-state index in [2.05, 4.69) is 44.2 Å². The highest BCUT2D eigenvalue weighted by Gasteiger charge is 2.21. The molecule has 0 aliphatic carbocycles. The Hall–Kier alpha value is -4.09. The van der Waals surface area contributed by atoms with Gasteiger partial charge in [0.05, 0.1) is 17.7 Å². The first-order chi connectivity index (χ1) is 19.3. The van der Waals surface area contributed by atoms with Crippen LogP contribution >= 0.6 is 0 Å². The molecule has 3 N–H and O–H groups in total. The number of anilines is 1. The maximum absolute atomic E-state index is 14.4. The molecular weight excluding hydrogens is 517 g/mol. The second-order valence-electron chi connectivity index (χ2n) is 10.4. The maximum atomic E-state index is 14.4. The van der Waals surface area contributed by atoms with Gasteiger partial charge in [0.2, 0.25) is 23.6 Å². The predicted molar refractivity (Wildman–Crippen MR) is 146 cm³/mol. The van der Waals surface area contributed by atoms with Gasteiger partial charge in [0.25, 0.3) is 5.91 Å². The van der Waals surface area contributed by atoms with E-state index in [0.29, 0.717) is 41.9 Å². The van der Waals surface area contributed by atoms with Gasteiger partial charge in [-0.25, -0.2) is 14.4 Å². The van der Waals surface area contributed by atoms with E-state index in [0.717, 1.165) is 50.8 Å². The fraction of sp³-hybridized carbons (Fsp3) is 0.500. The number of ether oxygens (including phenoxy) is 1. The number of nitrogens with two attached hydrogens (primary N) is 1. The third-order valence-corrected chi connectivity index (χ3v) is 6.71. The molecule has 1 aliphatic rings. The van der Waals surface area contributed by atoms with Crippen molar-refractivity contribution in [2.75, 3.05) is 31.1 Å². The lowest BCUT2D eigenvalue weighted by Crippen LogP contribution is -2.34. The summed E-state index contributed by atoms with van der Waals surface area (Å²) in [4.78, 5) is 38.5. The van der Waals surface area contributed by atoms with E-state index in [4.69, 9.17) is 15.0 Å². The lowest BCUT2D eigenvalue weighted by Gasteiger charge is -2.32. The fourth-order valence-electron chi connectivity index (χ4n) is 4.55. The molecular formula is C28H36FN7O4. The molecule has 4 rings (SSSR count). The number of benzene rings is 1. The van der Waals surface area contributed by atoms with E-state index in [1.165, 1.54) is 12.1 Å². The highest BCUT2D eigenvalue weighted by atomic mass is 19.1. The monoisotopic (exact) mass is 553 g/mol. The molecule has 11 nitrogen and oxygen atoms in total. The highest BCUT2D eigenvalue weighted by Crippen LogP contribution is 2.25. The Bertz CT molecular complexity index is 1270. The zero-order valence-electron chi connectivity index (χ0n) is 22.9. The van der Waals surface area contributed by atoms with Gasteiger partial charge in [-0.05, 0) is 49.7 Å². The van der Waals surface area contributed by atoms with Crippen LogP contribution in [-0.4, -0.2) is 58.2 Å². The number of nitrogens with one attached hydrogen (secondary N) is 1. The first-order valence-electron chi connectivity index (χ1n) is 13.7. The number of carbonyl (C=O) groups excluding carboxylic acids is 2. The van der Waals surface area contributed by atoms with E-state index < -0.39 is 17.6 Å². The number of aromatic nitrogens is 4. The Morgan fingerprint density at radius 1 is 1.23 bits per heavy atom. The van der Waals surface area contributed by atoms with Crippen LogP contribution < -0.4 is 20.7 Å². The Kier molecular flexibility index (Phi) is 9.98. The van der Waals surface area contributed by atoms with Crippen LogP contribution in [0.2, 0.25) is 0 Å². The molecule has 0 unspecified atom stereocenters. The van der Waals surface area contributed by atoms with E-state index in [-0.39, 0.29) is 18.5 Å². The molecule has 0 spiro atoms. The van der Waals surface area contributed by atoms with Crippen molar-refractivity contribution in [3.63, 3.8) is 0 Å². The summed E-state index contributed by atoms with van der Waals surface area (Å²) >= 11 is 0. The van der Waals surface area contributed by atoms with Crippen LogP contribution in [0.3, 0.4) is 0 Å².